The zero-order valence-corrected chi connectivity index (χ0v) is 5.67. The summed E-state index contributed by atoms with van der Waals surface area (Å²) in [5, 5.41) is 0. The van der Waals surface area contributed by atoms with Gasteiger partial charge in [0.05, 0.1) is 0 Å². The van der Waals surface area contributed by atoms with Gasteiger partial charge in [-0.25, -0.2) is 14.6 Å². The molecule has 7 heteroatoms. The fourth-order valence-electron chi connectivity index (χ4n) is 0.522. The van der Waals surface area contributed by atoms with Crippen LogP contribution < -0.4 is 0 Å². The predicted octanol–water partition coefficient (Wildman–Crippen LogP) is -0.644. The van der Waals surface area contributed by atoms with E-state index in [1.807, 2.05) is 0 Å². The molecule has 1 heterocycles. The molecule has 0 aliphatic carbocycles. The van der Waals surface area contributed by atoms with E-state index < -0.39 is 5.97 Å². The van der Waals surface area contributed by atoms with Gasteiger partial charge in [-0.3, -0.25) is 0 Å². The fraction of sp³-hybridized carbons (Fsp3) is 0.200. The number of carbonyl (C=O) groups excluding carboxylic acids is 2. The van der Waals surface area contributed by atoms with Gasteiger partial charge in [-0.2, -0.15) is 4.99 Å². The van der Waals surface area contributed by atoms with Gasteiger partial charge in [0, 0.05) is 0 Å². The average Bonchev–Trinajstić information content (AvgIpc) is 2.07. The molecule has 0 aromatic heterocycles. The van der Waals surface area contributed by atoms with Gasteiger partial charge < -0.3 is 4.74 Å². The molecular formula is C5H2N4O3. The van der Waals surface area contributed by atoms with Gasteiger partial charge in [0.15, 0.2) is 6.40 Å². The van der Waals surface area contributed by atoms with Crippen molar-refractivity contribution in [3.63, 3.8) is 0 Å². The molecule has 0 bridgehead atoms. The molecule has 0 radical (unpaired) electrons. The number of nitrogens with zero attached hydrogens (tertiary/aromatic N) is 4. The normalized spacial score (nSPS) is 25.0. The molecule has 0 unspecified atom stereocenters. The summed E-state index contributed by atoms with van der Waals surface area (Å²) in [6.07, 6.45) is 4.33. The first-order chi connectivity index (χ1) is 5.83. The molecule has 0 aromatic rings. The number of rotatable bonds is 2. The van der Waals surface area contributed by atoms with E-state index in [0.717, 1.165) is 12.7 Å². The Morgan fingerprint density at radius 1 is 1.33 bits per heavy atom. The lowest BCUT2D eigenvalue weighted by atomic mass is 10.7. The largest absolute Gasteiger partial charge is 0.430 e. The predicted molar refractivity (Wildman–Crippen MR) is 37.0 cm³/mol. The van der Waals surface area contributed by atoms with Crippen LogP contribution in [0.25, 0.3) is 0 Å². The van der Waals surface area contributed by atoms with Crippen LogP contribution in [-0.4, -0.2) is 30.9 Å². The summed E-state index contributed by atoms with van der Waals surface area (Å²) in [4.78, 5) is 32.7. The lowest BCUT2D eigenvalue weighted by molar-refractivity contribution is 0.0907. The van der Waals surface area contributed by atoms with Crippen molar-refractivity contribution in [3.05, 3.63) is 0 Å². The third-order valence-electron chi connectivity index (χ3n) is 0.947. The van der Waals surface area contributed by atoms with E-state index in [1.165, 1.54) is 12.2 Å². The Kier molecular flexibility index (Phi) is 2.23. The van der Waals surface area contributed by atoms with Gasteiger partial charge in [0.1, 0.15) is 6.34 Å². The van der Waals surface area contributed by atoms with Crippen molar-refractivity contribution in [2.75, 3.05) is 0 Å². The third-order valence-corrected chi connectivity index (χ3v) is 0.947. The minimum atomic E-state index is -1.90. The minimum absolute atomic E-state index is 0.953. The Bertz CT molecular complexity index is 304. The SMILES string of the molecule is O=C=NC1(N=C=O)N=CN=CO1. The quantitative estimate of drug-likeness (QED) is 0.403. The molecule has 12 heavy (non-hydrogen) atoms. The van der Waals surface area contributed by atoms with Gasteiger partial charge in [-0.1, -0.05) is 0 Å². The van der Waals surface area contributed by atoms with Gasteiger partial charge in [-0.15, -0.1) is 9.98 Å². The first kappa shape index (κ1) is 8.00. The van der Waals surface area contributed by atoms with Crippen LogP contribution in [0.2, 0.25) is 0 Å². The van der Waals surface area contributed by atoms with E-state index in [9.17, 15) is 9.59 Å². The van der Waals surface area contributed by atoms with E-state index in [-0.39, 0.29) is 0 Å². The molecule has 0 aromatic carbocycles. The minimum Gasteiger partial charge on any atom is -0.417 e. The summed E-state index contributed by atoms with van der Waals surface area (Å²) in [6, 6.07) is 0. The molecule has 60 valence electrons. The smallest absolute Gasteiger partial charge is 0.417 e. The second-order valence-electron chi connectivity index (χ2n) is 1.60. The van der Waals surface area contributed by atoms with Crippen molar-refractivity contribution in [1.29, 1.82) is 0 Å². The number of isocyanates is 2. The van der Waals surface area contributed by atoms with Crippen molar-refractivity contribution in [1.82, 2.24) is 0 Å². The molecule has 7 nitrogen and oxygen atoms in total. The van der Waals surface area contributed by atoms with Crippen molar-refractivity contribution in [2.24, 2.45) is 20.0 Å². The Morgan fingerprint density at radius 3 is 2.42 bits per heavy atom. The molecule has 0 fully saturated rings. The van der Waals surface area contributed by atoms with Crippen LogP contribution in [0.5, 0.6) is 0 Å². The fourth-order valence-corrected chi connectivity index (χ4v) is 0.522. The van der Waals surface area contributed by atoms with Gasteiger partial charge >= 0.3 is 5.97 Å². The van der Waals surface area contributed by atoms with Gasteiger partial charge in [0.25, 0.3) is 0 Å². The lowest BCUT2D eigenvalue weighted by Gasteiger charge is -2.15. The van der Waals surface area contributed by atoms with Crippen LogP contribution >= 0.6 is 0 Å². The molecule has 0 saturated heterocycles. The van der Waals surface area contributed by atoms with Crippen LogP contribution in [0.3, 0.4) is 0 Å². The van der Waals surface area contributed by atoms with Crippen molar-refractivity contribution in [3.8, 4) is 0 Å². The number of hydrogen-bond donors (Lipinski definition) is 0. The summed E-state index contributed by atoms with van der Waals surface area (Å²) in [6.45, 7) is 0. The van der Waals surface area contributed by atoms with Crippen molar-refractivity contribution < 1.29 is 14.3 Å². The van der Waals surface area contributed by atoms with Crippen molar-refractivity contribution >= 4 is 24.9 Å². The molecule has 0 N–H and O–H groups in total. The van der Waals surface area contributed by atoms with Crippen LogP contribution in [0.15, 0.2) is 20.0 Å². The van der Waals surface area contributed by atoms with Gasteiger partial charge in [0.2, 0.25) is 12.2 Å². The maximum Gasteiger partial charge on any atom is 0.430 e. The Balaban J connectivity index is 3.02. The molecule has 1 rings (SSSR count). The topological polar surface area (TPSA) is 92.8 Å². The summed E-state index contributed by atoms with van der Waals surface area (Å²) < 4.78 is 4.60. The highest BCUT2D eigenvalue weighted by molar-refractivity contribution is 5.70. The summed E-state index contributed by atoms with van der Waals surface area (Å²) in [7, 11) is 0. The highest BCUT2D eigenvalue weighted by Gasteiger charge is 2.31. The highest BCUT2D eigenvalue weighted by Crippen LogP contribution is 2.16. The number of hydrogen-bond acceptors (Lipinski definition) is 7. The second kappa shape index (κ2) is 3.34. The second-order valence-corrected chi connectivity index (χ2v) is 1.60. The third kappa shape index (κ3) is 1.49. The number of aliphatic imine (C=N–C) groups is 4. The summed E-state index contributed by atoms with van der Waals surface area (Å²) in [5.74, 6) is -1.90. The molecule has 0 saturated carbocycles. The Labute approximate surface area is 66.2 Å². The summed E-state index contributed by atoms with van der Waals surface area (Å²) >= 11 is 0. The van der Waals surface area contributed by atoms with Crippen LogP contribution in [0.4, 0.5) is 0 Å². The van der Waals surface area contributed by atoms with Crippen LogP contribution in [0, 0.1) is 0 Å². The standard InChI is InChI=1S/C5H2N4O3/c10-2-8-5(9-3-11)7-1-6-4-12-5/h1,4H. The maximum atomic E-state index is 9.87. The average molecular weight is 166 g/mol. The lowest BCUT2D eigenvalue weighted by Crippen LogP contribution is -2.26. The highest BCUT2D eigenvalue weighted by atomic mass is 16.5. The Hall–Kier alpha value is -2.10. The molecule has 0 spiro atoms. The first-order valence-electron chi connectivity index (χ1n) is 2.74. The van der Waals surface area contributed by atoms with Crippen molar-refractivity contribution in [2.45, 2.75) is 5.97 Å². The molecule has 1 aliphatic heterocycles. The van der Waals surface area contributed by atoms with Crippen LogP contribution in [0.1, 0.15) is 0 Å². The molecule has 0 atom stereocenters. The van der Waals surface area contributed by atoms with E-state index in [1.54, 1.807) is 0 Å². The maximum absolute atomic E-state index is 9.87. The number of ether oxygens (including phenoxy) is 1. The van der Waals surface area contributed by atoms with E-state index in [2.05, 4.69) is 24.7 Å². The monoisotopic (exact) mass is 166 g/mol. The molecular weight excluding hydrogens is 164 g/mol. The van der Waals surface area contributed by atoms with E-state index in [0.29, 0.717) is 0 Å². The first-order valence-corrected chi connectivity index (χ1v) is 2.74. The zero-order valence-electron chi connectivity index (χ0n) is 5.67. The van der Waals surface area contributed by atoms with Crippen LogP contribution in [-0.2, 0) is 14.3 Å². The van der Waals surface area contributed by atoms with Gasteiger partial charge in [-0.05, 0) is 0 Å². The molecule has 0 amide bonds. The Morgan fingerprint density at radius 2 is 2.00 bits per heavy atom. The van der Waals surface area contributed by atoms with E-state index >= 15 is 0 Å². The summed E-state index contributed by atoms with van der Waals surface area (Å²) in [5.41, 5.74) is 0. The zero-order chi connectivity index (χ0) is 8.86. The molecule has 1 aliphatic rings. The van der Waals surface area contributed by atoms with E-state index in [4.69, 9.17) is 0 Å².